The standard InChI is InChI=1S/C22H27NO4.C4H4O4/c1-16(22(24)25)23-13-11-20(12-14-23)27-15-18-5-3-4-6-21(18)17-7-9-19(26-2)10-8-17;5-3(6)1-2-4(7)8/h3-10,16,20H,11-15H2,1-2H3,(H,24,25);1-2H,(H,5,6)(H,7,8). The highest BCUT2D eigenvalue weighted by atomic mass is 16.5. The Morgan fingerprint density at radius 1 is 0.971 bits per heavy atom. The summed E-state index contributed by atoms with van der Waals surface area (Å²) in [5.41, 5.74) is 3.46. The van der Waals surface area contributed by atoms with Gasteiger partial charge in [0.25, 0.3) is 0 Å². The molecule has 2 aromatic carbocycles. The van der Waals surface area contributed by atoms with E-state index in [-0.39, 0.29) is 6.10 Å². The first-order chi connectivity index (χ1) is 16.7. The van der Waals surface area contributed by atoms with Crippen LogP contribution in [0.4, 0.5) is 0 Å². The van der Waals surface area contributed by atoms with Crippen molar-refractivity contribution in [2.75, 3.05) is 20.2 Å². The summed E-state index contributed by atoms with van der Waals surface area (Å²) in [5.74, 6) is -2.43. The zero-order valence-corrected chi connectivity index (χ0v) is 19.8. The Hall–Kier alpha value is -3.69. The van der Waals surface area contributed by atoms with E-state index in [0.717, 1.165) is 48.4 Å². The van der Waals surface area contributed by atoms with Crippen LogP contribution in [0.1, 0.15) is 25.3 Å². The lowest BCUT2D eigenvalue weighted by Crippen LogP contribution is -2.45. The molecule has 3 rings (SSSR count). The molecule has 3 N–H and O–H groups in total. The number of piperidine rings is 1. The summed E-state index contributed by atoms with van der Waals surface area (Å²) in [6.07, 6.45) is 3.01. The lowest BCUT2D eigenvalue weighted by atomic mass is 10.00. The van der Waals surface area contributed by atoms with E-state index in [0.29, 0.717) is 18.8 Å². The van der Waals surface area contributed by atoms with Crippen LogP contribution in [0.2, 0.25) is 0 Å². The highest BCUT2D eigenvalue weighted by Gasteiger charge is 2.26. The topological polar surface area (TPSA) is 134 Å². The molecule has 35 heavy (non-hydrogen) atoms. The van der Waals surface area contributed by atoms with Gasteiger partial charge in [-0.25, -0.2) is 9.59 Å². The van der Waals surface area contributed by atoms with E-state index in [1.54, 1.807) is 14.0 Å². The van der Waals surface area contributed by atoms with Gasteiger partial charge in [0.15, 0.2) is 0 Å². The van der Waals surface area contributed by atoms with Gasteiger partial charge >= 0.3 is 17.9 Å². The molecular weight excluding hydrogens is 454 g/mol. The van der Waals surface area contributed by atoms with Gasteiger partial charge < -0.3 is 24.8 Å². The zero-order chi connectivity index (χ0) is 25.8. The Morgan fingerprint density at radius 2 is 1.54 bits per heavy atom. The zero-order valence-electron chi connectivity index (χ0n) is 19.8. The van der Waals surface area contributed by atoms with Crippen molar-refractivity contribution in [3.05, 3.63) is 66.2 Å². The minimum atomic E-state index is -1.26. The molecule has 9 nitrogen and oxygen atoms in total. The van der Waals surface area contributed by atoms with Crippen LogP contribution in [0.25, 0.3) is 11.1 Å². The second-order valence-electron chi connectivity index (χ2n) is 7.96. The number of likely N-dealkylation sites (tertiary alicyclic amines) is 1. The third-order valence-corrected chi connectivity index (χ3v) is 5.64. The molecule has 1 aliphatic rings. The summed E-state index contributed by atoms with van der Waals surface area (Å²) >= 11 is 0. The second-order valence-corrected chi connectivity index (χ2v) is 7.96. The maximum absolute atomic E-state index is 11.1. The van der Waals surface area contributed by atoms with Gasteiger partial charge in [-0.2, -0.15) is 0 Å². The van der Waals surface area contributed by atoms with Crippen molar-refractivity contribution in [3.63, 3.8) is 0 Å². The van der Waals surface area contributed by atoms with Crippen LogP contribution < -0.4 is 4.74 Å². The molecule has 0 aromatic heterocycles. The number of hydrogen-bond acceptors (Lipinski definition) is 6. The minimum absolute atomic E-state index is 0.172. The lowest BCUT2D eigenvalue weighted by Gasteiger charge is -2.34. The van der Waals surface area contributed by atoms with E-state index in [1.807, 2.05) is 29.2 Å². The van der Waals surface area contributed by atoms with Crippen LogP contribution in [0.15, 0.2) is 60.7 Å². The molecule has 0 aliphatic carbocycles. The number of ether oxygens (including phenoxy) is 2. The van der Waals surface area contributed by atoms with Gasteiger partial charge in [-0.3, -0.25) is 9.69 Å². The number of methoxy groups -OCH3 is 1. The Labute approximate surface area is 204 Å². The minimum Gasteiger partial charge on any atom is -0.497 e. The van der Waals surface area contributed by atoms with Crippen LogP contribution in [-0.4, -0.2) is 70.5 Å². The normalized spacial score (nSPS) is 15.1. The number of carboxylic acid groups (broad SMARTS) is 3. The van der Waals surface area contributed by atoms with Gasteiger partial charge in [0, 0.05) is 25.2 Å². The van der Waals surface area contributed by atoms with Gasteiger partial charge in [-0.15, -0.1) is 0 Å². The average molecular weight is 486 g/mol. The number of carbonyl (C=O) groups is 3. The fourth-order valence-electron chi connectivity index (χ4n) is 3.63. The summed E-state index contributed by atoms with van der Waals surface area (Å²) in [6, 6.07) is 15.9. The van der Waals surface area contributed by atoms with Crippen molar-refractivity contribution in [1.82, 2.24) is 4.90 Å². The molecule has 2 aromatic rings. The highest BCUT2D eigenvalue weighted by Crippen LogP contribution is 2.27. The quantitative estimate of drug-likeness (QED) is 0.456. The predicted octanol–water partition coefficient (Wildman–Crippen LogP) is 3.53. The molecule has 0 saturated carbocycles. The van der Waals surface area contributed by atoms with Gasteiger partial charge in [-0.05, 0) is 48.6 Å². The fourth-order valence-corrected chi connectivity index (χ4v) is 3.63. The van der Waals surface area contributed by atoms with Crippen molar-refractivity contribution in [3.8, 4) is 16.9 Å². The summed E-state index contributed by atoms with van der Waals surface area (Å²) in [7, 11) is 1.67. The number of aliphatic carboxylic acids is 3. The van der Waals surface area contributed by atoms with Gasteiger partial charge in [0.2, 0.25) is 0 Å². The summed E-state index contributed by atoms with van der Waals surface area (Å²) in [5, 5.41) is 24.8. The molecule has 0 spiro atoms. The van der Waals surface area contributed by atoms with Gasteiger partial charge in [-0.1, -0.05) is 36.4 Å². The Kier molecular flexibility index (Phi) is 10.9. The largest absolute Gasteiger partial charge is 0.497 e. The van der Waals surface area contributed by atoms with Crippen LogP contribution in [0.5, 0.6) is 5.75 Å². The smallest absolute Gasteiger partial charge is 0.328 e. The van der Waals surface area contributed by atoms with Gasteiger partial charge in [0.1, 0.15) is 11.8 Å². The van der Waals surface area contributed by atoms with Crippen molar-refractivity contribution in [2.24, 2.45) is 0 Å². The van der Waals surface area contributed by atoms with E-state index >= 15 is 0 Å². The predicted molar refractivity (Wildman–Crippen MR) is 129 cm³/mol. The maximum Gasteiger partial charge on any atom is 0.328 e. The average Bonchev–Trinajstić information content (AvgIpc) is 2.86. The first-order valence-corrected chi connectivity index (χ1v) is 11.2. The van der Waals surface area contributed by atoms with Crippen molar-refractivity contribution < 1.29 is 39.2 Å². The van der Waals surface area contributed by atoms with Crippen LogP contribution in [0.3, 0.4) is 0 Å². The van der Waals surface area contributed by atoms with Crippen molar-refractivity contribution >= 4 is 17.9 Å². The second kappa shape index (κ2) is 13.9. The number of rotatable bonds is 9. The number of nitrogens with zero attached hydrogens (tertiary/aromatic N) is 1. The Balaban J connectivity index is 0.000000466. The Morgan fingerprint density at radius 3 is 2.06 bits per heavy atom. The lowest BCUT2D eigenvalue weighted by molar-refractivity contribution is -0.143. The van der Waals surface area contributed by atoms with E-state index < -0.39 is 23.9 Å². The molecule has 1 fully saturated rings. The molecule has 0 radical (unpaired) electrons. The summed E-state index contributed by atoms with van der Waals surface area (Å²) in [4.78, 5) is 32.2. The number of hydrogen-bond donors (Lipinski definition) is 3. The molecular formula is C26H31NO8. The molecule has 1 atom stereocenters. The van der Waals surface area contributed by atoms with Crippen LogP contribution >= 0.6 is 0 Å². The molecule has 0 amide bonds. The van der Waals surface area contributed by atoms with Crippen LogP contribution in [0, 0.1) is 0 Å². The van der Waals surface area contributed by atoms with E-state index in [9.17, 15) is 14.4 Å². The molecule has 1 unspecified atom stereocenters. The molecule has 0 bridgehead atoms. The first-order valence-electron chi connectivity index (χ1n) is 11.2. The maximum atomic E-state index is 11.1. The van der Waals surface area contributed by atoms with Crippen LogP contribution in [-0.2, 0) is 25.7 Å². The van der Waals surface area contributed by atoms with E-state index in [2.05, 4.69) is 24.3 Å². The third kappa shape index (κ3) is 9.23. The molecule has 1 saturated heterocycles. The highest BCUT2D eigenvalue weighted by molar-refractivity contribution is 5.89. The van der Waals surface area contributed by atoms with Crippen molar-refractivity contribution in [2.45, 2.75) is 38.5 Å². The molecule has 1 aliphatic heterocycles. The fraction of sp³-hybridized carbons (Fsp3) is 0.346. The molecule has 9 heteroatoms. The van der Waals surface area contributed by atoms with Gasteiger partial charge in [0.05, 0.1) is 19.8 Å². The third-order valence-electron chi connectivity index (χ3n) is 5.64. The molecule has 1 heterocycles. The van der Waals surface area contributed by atoms with E-state index in [4.69, 9.17) is 24.8 Å². The number of benzene rings is 2. The first kappa shape index (κ1) is 27.6. The number of carboxylic acids is 3. The summed E-state index contributed by atoms with van der Waals surface area (Å²) < 4.78 is 11.4. The Bertz CT molecular complexity index is 994. The van der Waals surface area contributed by atoms with E-state index in [1.165, 1.54) is 0 Å². The van der Waals surface area contributed by atoms with Crippen molar-refractivity contribution in [1.29, 1.82) is 0 Å². The molecule has 188 valence electrons. The summed E-state index contributed by atoms with van der Waals surface area (Å²) in [6.45, 7) is 3.83. The SMILES string of the molecule is COc1ccc(-c2ccccc2COC2CCN(C(C)C(=O)O)CC2)cc1.O=C(O)C=CC(=O)O. The monoisotopic (exact) mass is 485 g/mol.